The summed E-state index contributed by atoms with van der Waals surface area (Å²) in [4.78, 5) is 12.1. The zero-order valence-electron chi connectivity index (χ0n) is 20.3. The molecule has 0 aliphatic carbocycles. The summed E-state index contributed by atoms with van der Waals surface area (Å²) in [6, 6.07) is 6.51. The number of unbranched alkanes of at least 4 members (excludes halogenated alkanes) is 4. The van der Waals surface area contributed by atoms with Gasteiger partial charge in [0.05, 0.1) is 12.6 Å². The third kappa shape index (κ3) is 16.7. The van der Waals surface area contributed by atoms with E-state index in [-0.39, 0.29) is 24.3 Å². The fourth-order valence-corrected chi connectivity index (χ4v) is 3.32. The van der Waals surface area contributed by atoms with Gasteiger partial charge in [0.1, 0.15) is 5.75 Å². The van der Waals surface area contributed by atoms with E-state index in [1.807, 2.05) is 0 Å². The first-order chi connectivity index (χ1) is 16.2. The first-order valence-corrected chi connectivity index (χ1v) is 12.4. The van der Waals surface area contributed by atoms with E-state index in [1.165, 1.54) is 25.7 Å². The number of aliphatic hydroxyl groups excluding tert-OH is 1. The highest BCUT2D eigenvalue weighted by Gasteiger charge is 2.11. The van der Waals surface area contributed by atoms with E-state index in [0.717, 1.165) is 37.7 Å². The molecule has 1 aromatic carbocycles. The number of carbonyl (C=O) groups excluding carboxylic acids is 1. The average molecular weight is 454 g/mol. The highest BCUT2D eigenvalue weighted by Crippen LogP contribution is 2.11. The molecule has 1 rings (SSSR count). The standard InChI is InChI=1S/C29H43NO3/c1-2-3-4-5-6-7-8-9-10-11-12-13-14-15-16-17-18-19-29(33)30-27(25-31)24-26-20-22-28(32)23-21-26/h6-7,9-10,12-13,15-16,20-23,27,31-32H,2-5,8,11,14,17-19,24-25H2,1H3,(H,30,33)/t27-/m0/s1. The van der Waals surface area contributed by atoms with Gasteiger partial charge in [-0.2, -0.15) is 0 Å². The monoisotopic (exact) mass is 453 g/mol. The van der Waals surface area contributed by atoms with Crippen molar-refractivity contribution in [2.75, 3.05) is 6.61 Å². The third-order valence-electron chi connectivity index (χ3n) is 5.24. The van der Waals surface area contributed by atoms with Crippen molar-refractivity contribution >= 4 is 5.91 Å². The zero-order chi connectivity index (χ0) is 24.0. The minimum atomic E-state index is -0.307. The molecule has 3 N–H and O–H groups in total. The molecule has 0 aliphatic heterocycles. The largest absolute Gasteiger partial charge is 0.508 e. The number of nitrogens with one attached hydrogen (secondary N) is 1. The van der Waals surface area contributed by atoms with Gasteiger partial charge in [-0.3, -0.25) is 4.79 Å². The summed E-state index contributed by atoms with van der Waals surface area (Å²) in [5.41, 5.74) is 0.966. The Kier molecular flexibility index (Phi) is 17.3. The van der Waals surface area contributed by atoms with Crippen LogP contribution >= 0.6 is 0 Å². The second-order valence-electron chi connectivity index (χ2n) is 8.30. The molecule has 0 fully saturated rings. The van der Waals surface area contributed by atoms with Crippen LogP contribution in [0.2, 0.25) is 0 Å². The van der Waals surface area contributed by atoms with E-state index >= 15 is 0 Å². The molecule has 182 valence electrons. The van der Waals surface area contributed by atoms with Crippen molar-refractivity contribution in [1.82, 2.24) is 5.32 Å². The first-order valence-electron chi connectivity index (χ1n) is 12.4. The number of rotatable bonds is 18. The van der Waals surface area contributed by atoms with Crippen LogP contribution in [0.4, 0.5) is 0 Å². The quantitative estimate of drug-likeness (QED) is 0.174. The molecule has 1 amide bonds. The molecule has 0 aliphatic rings. The van der Waals surface area contributed by atoms with Gasteiger partial charge in [0, 0.05) is 6.42 Å². The fraction of sp³-hybridized carbons (Fsp3) is 0.483. The van der Waals surface area contributed by atoms with Crippen LogP contribution < -0.4 is 5.32 Å². The first kappa shape index (κ1) is 28.4. The Labute approximate surface area is 200 Å². The predicted octanol–water partition coefficient (Wildman–Crippen LogP) is 6.56. The average Bonchev–Trinajstić information content (AvgIpc) is 2.82. The minimum Gasteiger partial charge on any atom is -0.508 e. The lowest BCUT2D eigenvalue weighted by Crippen LogP contribution is -2.38. The van der Waals surface area contributed by atoms with Gasteiger partial charge in [-0.1, -0.05) is 80.5 Å². The van der Waals surface area contributed by atoms with Crippen LogP contribution in [0.25, 0.3) is 0 Å². The Morgan fingerprint density at radius 1 is 0.848 bits per heavy atom. The molecule has 1 aromatic rings. The van der Waals surface area contributed by atoms with E-state index in [0.29, 0.717) is 12.8 Å². The predicted molar refractivity (Wildman–Crippen MR) is 139 cm³/mol. The van der Waals surface area contributed by atoms with Gasteiger partial charge < -0.3 is 15.5 Å². The van der Waals surface area contributed by atoms with Crippen molar-refractivity contribution in [3.05, 3.63) is 78.4 Å². The van der Waals surface area contributed by atoms with Crippen LogP contribution in [0.5, 0.6) is 5.75 Å². The van der Waals surface area contributed by atoms with Gasteiger partial charge >= 0.3 is 0 Å². The summed E-state index contributed by atoms with van der Waals surface area (Å²) < 4.78 is 0. The fourth-order valence-electron chi connectivity index (χ4n) is 3.32. The van der Waals surface area contributed by atoms with E-state index < -0.39 is 0 Å². The van der Waals surface area contributed by atoms with Crippen LogP contribution in [0.15, 0.2) is 72.9 Å². The lowest BCUT2D eigenvalue weighted by atomic mass is 10.1. The summed E-state index contributed by atoms with van der Waals surface area (Å²) in [6.45, 7) is 2.12. The molecule has 0 unspecified atom stereocenters. The maximum absolute atomic E-state index is 12.1. The Bertz CT molecular complexity index is 732. The Morgan fingerprint density at radius 2 is 1.39 bits per heavy atom. The normalized spacial score (nSPS) is 13.0. The summed E-state index contributed by atoms with van der Waals surface area (Å²) >= 11 is 0. The van der Waals surface area contributed by atoms with Crippen LogP contribution in [0.1, 0.15) is 76.7 Å². The molecule has 0 spiro atoms. The van der Waals surface area contributed by atoms with Gasteiger partial charge in [-0.05, 0) is 69.1 Å². The molecular weight excluding hydrogens is 410 g/mol. The molecular formula is C29H43NO3. The van der Waals surface area contributed by atoms with Crippen molar-refractivity contribution in [3.8, 4) is 5.75 Å². The number of carbonyl (C=O) groups is 1. The van der Waals surface area contributed by atoms with Crippen molar-refractivity contribution in [3.63, 3.8) is 0 Å². The lowest BCUT2D eigenvalue weighted by molar-refractivity contribution is -0.122. The maximum Gasteiger partial charge on any atom is 0.220 e. The molecule has 0 heterocycles. The number of aliphatic hydroxyl groups is 1. The minimum absolute atomic E-state index is 0.0382. The second kappa shape index (κ2) is 20.0. The maximum atomic E-state index is 12.1. The summed E-state index contributed by atoms with van der Waals surface area (Å²) in [5, 5.41) is 21.7. The second-order valence-corrected chi connectivity index (χ2v) is 8.30. The van der Waals surface area contributed by atoms with Crippen LogP contribution in [-0.4, -0.2) is 28.8 Å². The SMILES string of the molecule is CCCCCC=CCC=CCC=CCC=CCCCC(=O)N[C@H](CO)Cc1ccc(O)cc1. The molecule has 4 heteroatoms. The van der Waals surface area contributed by atoms with Crippen molar-refractivity contribution in [2.24, 2.45) is 0 Å². The highest BCUT2D eigenvalue weighted by atomic mass is 16.3. The number of aromatic hydroxyl groups is 1. The summed E-state index contributed by atoms with van der Waals surface area (Å²) in [6.07, 6.45) is 28.2. The molecule has 0 saturated heterocycles. The lowest BCUT2D eigenvalue weighted by Gasteiger charge is -2.16. The summed E-state index contributed by atoms with van der Waals surface area (Å²) in [5.74, 6) is 0.170. The van der Waals surface area contributed by atoms with Gasteiger partial charge in [-0.15, -0.1) is 0 Å². The number of amides is 1. The molecule has 0 saturated carbocycles. The molecule has 1 atom stereocenters. The molecule has 4 nitrogen and oxygen atoms in total. The Balaban J connectivity index is 2.06. The van der Waals surface area contributed by atoms with Gasteiger partial charge in [-0.25, -0.2) is 0 Å². The smallest absolute Gasteiger partial charge is 0.220 e. The van der Waals surface area contributed by atoms with E-state index in [4.69, 9.17) is 0 Å². The molecule has 0 radical (unpaired) electrons. The van der Waals surface area contributed by atoms with E-state index in [9.17, 15) is 15.0 Å². The number of hydrogen-bond donors (Lipinski definition) is 3. The molecule has 0 bridgehead atoms. The van der Waals surface area contributed by atoms with Crippen LogP contribution in [0.3, 0.4) is 0 Å². The Morgan fingerprint density at radius 3 is 1.94 bits per heavy atom. The zero-order valence-corrected chi connectivity index (χ0v) is 20.3. The van der Waals surface area contributed by atoms with Crippen molar-refractivity contribution in [1.29, 1.82) is 0 Å². The number of phenols is 1. The number of benzene rings is 1. The number of allylic oxidation sites excluding steroid dienone is 8. The van der Waals surface area contributed by atoms with Crippen LogP contribution in [0, 0.1) is 0 Å². The highest BCUT2D eigenvalue weighted by molar-refractivity contribution is 5.76. The summed E-state index contributed by atoms with van der Waals surface area (Å²) in [7, 11) is 0. The van der Waals surface area contributed by atoms with E-state index in [2.05, 4.69) is 60.8 Å². The Hall–Kier alpha value is -2.59. The third-order valence-corrected chi connectivity index (χ3v) is 5.24. The molecule has 33 heavy (non-hydrogen) atoms. The topological polar surface area (TPSA) is 69.6 Å². The van der Waals surface area contributed by atoms with Gasteiger partial charge in [0.2, 0.25) is 5.91 Å². The van der Waals surface area contributed by atoms with Crippen molar-refractivity contribution in [2.45, 2.75) is 83.6 Å². The van der Waals surface area contributed by atoms with Gasteiger partial charge in [0.15, 0.2) is 0 Å². The van der Waals surface area contributed by atoms with E-state index in [1.54, 1.807) is 24.3 Å². The number of hydrogen-bond acceptors (Lipinski definition) is 3. The van der Waals surface area contributed by atoms with Gasteiger partial charge in [0.25, 0.3) is 0 Å². The molecule has 0 aromatic heterocycles. The van der Waals surface area contributed by atoms with Crippen LogP contribution in [-0.2, 0) is 11.2 Å². The number of phenolic OH excluding ortho intramolecular Hbond substituents is 1. The van der Waals surface area contributed by atoms with Crippen molar-refractivity contribution < 1.29 is 15.0 Å².